The van der Waals surface area contributed by atoms with Crippen LogP contribution in [0.1, 0.15) is 39.7 Å². The number of carbonyl (C=O) groups excluding carboxylic acids is 1. The van der Waals surface area contributed by atoms with Gasteiger partial charge in [-0.1, -0.05) is 63.3 Å². The van der Waals surface area contributed by atoms with E-state index in [1.54, 1.807) is 13.0 Å². The van der Waals surface area contributed by atoms with Crippen molar-refractivity contribution in [1.29, 1.82) is 0 Å². The average molecular weight is 246 g/mol. The van der Waals surface area contributed by atoms with Gasteiger partial charge in [0.2, 0.25) is 0 Å². The number of carbonyl (C=O) groups is 1. The molecule has 0 saturated carbocycles. The zero-order valence-corrected chi connectivity index (χ0v) is 11.6. The molecule has 98 valence electrons. The van der Waals surface area contributed by atoms with Crippen LogP contribution in [-0.4, -0.2) is 16.5 Å². The van der Waals surface area contributed by atoms with Gasteiger partial charge in [-0.05, 0) is 12.5 Å². The minimum atomic E-state index is -1.10. The van der Waals surface area contributed by atoms with Crippen LogP contribution >= 0.6 is 0 Å². The maximum atomic E-state index is 11.9. The number of rotatable bonds is 4. The van der Waals surface area contributed by atoms with Gasteiger partial charge in [-0.2, -0.15) is 0 Å². The first-order valence-electron chi connectivity index (χ1n) is 6.21. The first-order valence-corrected chi connectivity index (χ1v) is 6.21. The summed E-state index contributed by atoms with van der Waals surface area (Å²) < 4.78 is 0. The second kappa shape index (κ2) is 5.49. The molecule has 0 fully saturated rings. The first kappa shape index (κ1) is 14.7. The van der Waals surface area contributed by atoms with Gasteiger partial charge in [-0.25, -0.2) is 0 Å². The van der Waals surface area contributed by atoms with Crippen LogP contribution in [0.15, 0.2) is 36.4 Å². The summed E-state index contributed by atoms with van der Waals surface area (Å²) in [5.41, 5.74) is -0.494. The SMILES string of the molecule is CC(O)(/C=C/c1ccccc1)CC(=O)C(C)(C)C. The molecule has 0 aromatic heterocycles. The molecule has 0 amide bonds. The fourth-order valence-corrected chi connectivity index (χ4v) is 1.49. The Morgan fingerprint density at radius 1 is 1.17 bits per heavy atom. The van der Waals surface area contributed by atoms with E-state index in [4.69, 9.17) is 0 Å². The fourth-order valence-electron chi connectivity index (χ4n) is 1.49. The highest BCUT2D eigenvalue weighted by atomic mass is 16.3. The molecule has 1 aromatic rings. The monoisotopic (exact) mass is 246 g/mol. The van der Waals surface area contributed by atoms with Gasteiger partial charge in [0.15, 0.2) is 0 Å². The van der Waals surface area contributed by atoms with Gasteiger partial charge in [0.1, 0.15) is 5.78 Å². The summed E-state index contributed by atoms with van der Waals surface area (Å²) in [5.74, 6) is 0.0604. The molecule has 0 aliphatic rings. The smallest absolute Gasteiger partial charge is 0.141 e. The van der Waals surface area contributed by atoms with E-state index in [0.29, 0.717) is 0 Å². The van der Waals surface area contributed by atoms with Crippen molar-refractivity contribution < 1.29 is 9.90 Å². The van der Waals surface area contributed by atoms with Crippen LogP contribution in [0, 0.1) is 5.41 Å². The number of Topliss-reactive ketones (excluding diaryl/α,β-unsaturated/α-hetero) is 1. The van der Waals surface area contributed by atoms with E-state index >= 15 is 0 Å². The van der Waals surface area contributed by atoms with Crippen LogP contribution in [0.25, 0.3) is 6.08 Å². The molecule has 1 atom stereocenters. The Bertz CT molecular complexity index is 422. The quantitative estimate of drug-likeness (QED) is 0.883. The standard InChI is InChI=1S/C16H22O2/c1-15(2,3)14(17)12-16(4,18)11-10-13-8-6-5-7-9-13/h5-11,18H,12H2,1-4H3/b11-10+. The van der Waals surface area contributed by atoms with Crippen LogP contribution in [-0.2, 0) is 4.79 Å². The Morgan fingerprint density at radius 3 is 2.22 bits per heavy atom. The second-order valence-corrected chi connectivity index (χ2v) is 5.95. The average Bonchev–Trinajstić information content (AvgIpc) is 2.26. The molecule has 1 rings (SSSR count). The number of hydrogen-bond acceptors (Lipinski definition) is 2. The van der Waals surface area contributed by atoms with E-state index in [0.717, 1.165) is 5.56 Å². The van der Waals surface area contributed by atoms with Crippen LogP contribution in [0.5, 0.6) is 0 Å². The van der Waals surface area contributed by atoms with Gasteiger partial charge in [0.25, 0.3) is 0 Å². The van der Waals surface area contributed by atoms with Gasteiger partial charge >= 0.3 is 0 Å². The van der Waals surface area contributed by atoms with Crippen molar-refractivity contribution in [2.24, 2.45) is 5.41 Å². The van der Waals surface area contributed by atoms with E-state index in [1.807, 2.05) is 57.2 Å². The van der Waals surface area contributed by atoms with Crippen molar-refractivity contribution in [3.05, 3.63) is 42.0 Å². The Balaban J connectivity index is 2.71. The molecule has 0 radical (unpaired) electrons. The van der Waals surface area contributed by atoms with Crippen molar-refractivity contribution in [1.82, 2.24) is 0 Å². The highest BCUT2D eigenvalue weighted by Crippen LogP contribution is 2.23. The molecule has 1 unspecified atom stereocenters. The predicted octanol–water partition coefficient (Wildman–Crippen LogP) is 3.46. The predicted molar refractivity (Wildman–Crippen MR) is 75.2 cm³/mol. The van der Waals surface area contributed by atoms with Gasteiger partial charge in [0, 0.05) is 11.8 Å². The summed E-state index contributed by atoms with van der Waals surface area (Å²) in [6.45, 7) is 7.26. The molecular weight excluding hydrogens is 224 g/mol. The first-order chi connectivity index (χ1) is 8.21. The molecule has 0 spiro atoms. The van der Waals surface area contributed by atoms with Crippen LogP contribution in [0.2, 0.25) is 0 Å². The van der Waals surface area contributed by atoms with Crippen LogP contribution in [0.3, 0.4) is 0 Å². The van der Waals surface area contributed by atoms with Crippen molar-refractivity contribution >= 4 is 11.9 Å². The summed E-state index contributed by atoms with van der Waals surface area (Å²) in [4.78, 5) is 11.9. The summed E-state index contributed by atoms with van der Waals surface area (Å²) in [7, 11) is 0. The topological polar surface area (TPSA) is 37.3 Å². The zero-order valence-electron chi connectivity index (χ0n) is 11.6. The molecular formula is C16H22O2. The minimum absolute atomic E-state index is 0.0604. The fraction of sp³-hybridized carbons (Fsp3) is 0.438. The minimum Gasteiger partial charge on any atom is -0.386 e. The van der Waals surface area contributed by atoms with Crippen LogP contribution in [0.4, 0.5) is 0 Å². The summed E-state index contributed by atoms with van der Waals surface area (Å²) >= 11 is 0. The Hall–Kier alpha value is -1.41. The molecule has 0 aliphatic heterocycles. The molecule has 0 bridgehead atoms. The van der Waals surface area contributed by atoms with Crippen molar-refractivity contribution in [2.45, 2.75) is 39.7 Å². The maximum absolute atomic E-state index is 11.9. The van der Waals surface area contributed by atoms with Crippen molar-refractivity contribution in [2.75, 3.05) is 0 Å². The lowest BCUT2D eigenvalue weighted by atomic mass is 9.84. The highest BCUT2D eigenvalue weighted by Gasteiger charge is 2.28. The van der Waals surface area contributed by atoms with E-state index in [-0.39, 0.29) is 12.2 Å². The Labute approximate surface area is 109 Å². The van der Waals surface area contributed by atoms with E-state index < -0.39 is 11.0 Å². The highest BCUT2D eigenvalue weighted by molar-refractivity contribution is 5.84. The molecule has 18 heavy (non-hydrogen) atoms. The number of benzene rings is 1. The second-order valence-electron chi connectivity index (χ2n) is 5.95. The lowest BCUT2D eigenvalue weighted by Crippen LogP contribution is -2.31. The Kier molecular flexibility index (Phi) is 4.47. The lowest BCUT2D eigenvalue weighted by molar-refractivity contribution is -0.129. The number of aliphatic hydroxyl groups is 1. The van der Waals surface area contributed by atoms with Crippen molar-refractivity contribution in [3.63, 3.8) is 0 Å². The molecule has 0 heterocycles. The number of ketones is 1. The molecule has 1 aromatic carbocycles. The summed E-state index contributed by atoms with van der Waals surface area (Å²) in [5, 5.41) is 10.2. The molecule has 2 heteroatoms. The summed E-state index contributed by atoms with van der Waals surface area (Å²) in [6, 6.07) is 9.73. The van der Waals surface area contributed by atoms with E-state index in [1.165, 1.54) is 0 Å². The molecule has 0 aliphatic carbocycles. The number of hydrogen-bond donors (Lipinski definition) is 1. The Morgan fingerprint density at radius 2 is 1.72 bits per heavy atom. The van der Waals surface area contributed by atoms with Crippen molar-refractivity contribution in [3.8, 4) is 0 Å². The van der Waals surface area contributed by atoms with E-state index in [9.17, 15) is 9.90 Å². The van der Waals surface area contributed by atoms with Gasteiger partial charge in [-0.15, -0.1) is 0 Å². The molecule has 1 N–H and O–H groups in total. The van der Waals surface area contributed by atoms with Crippen LogP contribution < -0.4 is 0 Å². The molecule has 2 nitrogen and oxygen atoms in total. The zero-order chi connectivity index (χ0) is 13.8. The normalized spacial score (nSPS) is 15.6. The van der Waals surface area contributed by atoms with Gasteiger partial charge in [-0.3, -0.25) is 4.79 Å². The maximum Gasteiger partial charge on any atom is 0.141 e. The third kappa shape index (κ3) is 4.84. The molecule has 0 saturated heterocycles. The third-order valence-corrected chi connectivity index (χ3v) is 2.79. The summed E-state index contributed by atoms with van der Waals surface area (Å²) in [6.07, 6.45) is 3.67. The largest absolute Gasteiger partial charge is 0.386 e. The lowest BCUT2D eigenvalue weighted by Gasteiger charge is -2.24. The van der Waals surface area contributed by atoms with Gasteiger partial charge < -0.3 is 5.11 Å². The van der Waals surface area contributed by atoms with Gasteiger partial charge in [0.05, 0.1) is 5.60 Å². The third-order valence-electron chi connectivity index (χ3n) is 2.79. The van der Waals surface area contributed by atoms with E-state index in [2.05, 4.69) is 0 Å².